The highest BCUT2D eigenvalue weighted by atomic mass is 79.9. The Hall–Kier alpha value is -1.17. The first-order chi connectivity index (χ1) is 6.74. The van der Waals surface area contributed by atoms with E-state index in [1.807, 2.05) is 0 Å². The fourth-order valence-corrected chi connectivity index (χ4v) is 0.896. The van der Waals surface area contributed by atoms with E-state index in [2.05, 4.69) is 20.9 Å². The van der Waals surface area contributed by atoms with E-state index in [9.17, 15) is 21.7 Å². The fourth-order valence-electron chi connectivity index (χ4n) is 0.562. The second-order valence-electron chi connectivity index (χ2n) is 2.19. The zero-order chi connectivity index (χ0) is 12.1. The Kier molecular flexibility index (Phi) is 5.21. The maximum atomic E-state index is 12.6. The maximum Gasteiger partial charge on any atom is 0.673 e. The lowest BCUT2D eigenvalue weighted by atomic mass is 10.3. The number of benzene rings is 1. The second kappa shape index (κ2) is 5.65. The lowest BCUT2D eigenvalue weighted by Gasteiger charge is -1.94. The summed E-state index contributed by atoms with van der Waals surface area (Å²) >= 11 is 3.06. The topological polar surface area (TPSA) is 28.1 Å². The average Bonchev–Trinajstić information content (AvgIpc) is 2.01. The van der Waals surface area contributed by atoms with Crippen molar-refractivity contribution in [2.24, 2.45) is 0 Å². The fraction of sp³-hybridized carbons (Fsp3) is 0. The van der Waals surface area contributed by atoms with Crippen molar-refractivity contribution in [2.45, 2.75) is 0 Å². The molecule has 0 radical (unpaired) electrons. The Balaban J connectivity index is 0.000000336. The molecular formula is C6H3BBrF5N2. The van der Waals surface area contributed by atoms with Crippen LogP contribution in [-0.4, -0.2) is 7.25 Å². The predicted molar refractivity (Wildman–Crippen MR) is 49.0 cm³/mol. The van der Waals surface area contributed by atoms with Crippen molar-refractivity contribution in [2.75, 3.05) is 0 Å². The van der Waals surface area contributed by atoms with Gasteiger partial charge >= 0.3 is 12.9 Å². The lowest BCUT2D eigenvalue weighted by molar-refractivity contribution is 0.368. The van der Waals surface area contributed by atoms with Crippen molar-refractivity contribution in [3.05, 3.63) is 33.5 Å². The summed E-state index contributed by atoms with van der Waals surface area (Å²) in [6.45, 7) is 0. The Labute approximate surface area is 89.9 Å². The highest BCUT2D eigenvalue weighted by Gasteiger charge is 2.20. The zero-order valence-electron chi connectivity index (χ0n) is 6.97. The van der Waals surface area contributed by atoms with Gasteiger partial charge in [0, 0.05) is 10.5 Å². The Morgan fingerprint density at radius 2 is 1.67 bits per heavy atom. The van der Waals surface area contributed by atoms with Gasteiger partial charge in [-0.2, -0.15) is 4.39 Å². The molecule has 0 N–H and O–H groups in total. The van der Waals surface area contributed by atoms with E-state index in [0.717, 1.165) is 0 Å². The highest BCUT2D eigenvalue weighted by molar-refractivity contribution is 9.10. The SMILES string of the molecule is F[B-](F)(F)F.N#[N+]c1ccc(Br)cc1F. The van der Waals surface area contributed by atoms with Crippen LogP contribution in [0.25, 0.3) is 4.98 Å². The first-order valence-electron chi connectivity index (χ1n) is 3.41. The molecule has 0 aliphatic heterocycles. The third-order valence-corrected chi connectivity index (χ3v) is 1.51. The minimum absolute atomic E-state index is 0.0526. The van der Waals surface area contributed by atoms with Gasteiger partial charge in [0.25, 0.3) is 0 Å². The first-order valence-corrected chi connectivity index (χ1v) is 4.21. The Morgan fingerprint density at radius 3 is 2.00 bits per heavy atom. The predicted octanol–water partition coefficient (Wildman–Crippen LogP) is 4.37. The van der Waals surface area contributed by atoms with Gasteiger partial charge in [-0.25, -0.2) is 0 Å². The third kappa shape index (κ3) is 7.87. The summed E-state index contributed by atoms with van der Waals surface area (Å²) in [5.74, 6) is -0.545. The molecule has 0 saturated heterocycles. The van der Waals surface area contributed by atoms with Crippen molar-refractivity contribution in [3.8, 4) is 0 Å². The number of rotatable bonds is 0. The van der Waals surface area contributed by atoms with E-state index in [-0.39, 0.29) is 5.69 Å². The minimum atomic E-state index is -6.00. The molecule has 1 aromatic rings. The smallest absolute Gasteiger partial charge is 0.418 e. The average molecular weight is 289 g/mol. The molecular weight excluding hydrogens is 286 g/mol. The molecule has 0 fully saturated rings. The summed E-state index contributed by atoms with van der Waals surface area (Å²) in [6.07, 6.45) is 0. The molecule has 1 rings (SSSR count). The van der Waals surface area contributed by atoms with Gasteiger partial charge < -0.3 is 17.3 Å². The summed E-state index contributed by atoms with van der Waals surface area (Å²) in [6, 6.07) is 4.20. The van der Waals surface area contributed by atoms with Gasteiger partial charge in [0.2, 0.25) is 11.2 Å². The van der Waals surface area contributed by atoms with Crippen LogP contribution in [0.2, 0.25) is 0 Å². The van der Waals surface area contributed by atoms with E-state index in [1.54, 1.807) is 6.07 Å². The van der Waals surface area contributed by atoms with E-state index in [0.29, 0.717) is 4.47 Å². The molecule has 15 heavy (non-hydrogen) atoms. The standard InChI is InChI=1S/C6H3BrFN2.BF4/c7-4-1-2-6(10-9)5(8)3-4;2-1(3,4)5/h1-3H;/q+1;-1. The maximum absolute atomic E-state index is 12.6. The molecule has 0 saturated carbocycles. The molecule has 2 nitrogen and oxygen atoms in total. The van der Waals surface area contributed by atoms with Crippen molar-refractivity contribution in [3.63, 3.8) is 0 Å². The van der Waals surface area contributed by atoms with E-state index in [4.69, 9.17) is 5.39 Å². The summed E-state index contributed by atoms with van der Waals surface area (Å²) in [4.78, 5) is 2.72. The van der Waals surface area contributed by atoms with Crippen molar-refractivity contribution in [1.29, 1.82) is 5.39 Å². The van der Waals surface area contributed by atoms with Crippen molar-refractivity contribution < 1.29 is 21.7 Å². The highest BCUT2D eigenvalue weighted by Crippen LogP contribution is 2.21. The summed E-state index contributed by atoms with van der Waals surface area (Å²) in [5.41, 5.74) is -0.0526. The van der Waals surface area contributed by atoms with Crippen LogP contribution in [0.15, 0.2) is 22.7 Å². The van der Waals surface area contributed by atoms with Gasteiger partial charge in [0.1, 0.15) is 0 Å². The van der Waals surface area contributed by atoms with Gasteiger partial charge in [-0.05, 0) is 12.1 Å². The van der Waals surface area contributed by atoms with E-state index >= 15 is 0 Å². The normalized spacial score (nSPS) is 9.93. The van der Waals surface area contributed by atoms with Crippen LogP contribution < -0.4 is 0 Å². The number of hydrogen-bond donors (Lipinski definition) is 0. The van der Waals surface area contributed by atoms with Crippen molar-refractivity contribution >= 4 is 28.9 Å². The molecule has 0 unspecified atom stereocenters. The number of hydrogen-bond acceptors (Lipinski definition) is 1. The summed E-state index contributed by atoms with van der Waals surface area (Å²) in [7, 11) is -6.00. The lowest BCUT2D eigenvalue weighted by Crippen LogP contribution is -2.02. The van der Waals surface area contributed by atoms with Crippen molar-refractivity contribution in [1.82, 2.24) is 0 Å². The molecule has 9 heteroatoms. The molecule has 0 aliphatic carbocycles. The van der Waals surface area contributed by atoms with Crippen LogP contribution in [-0.2, 0) is 0 Å². The van der Waals surface area contributed by atoms with Crippen LogP contribution in [0, 0.1) is 11.2 Å². The molecule has 82 valence electrons. The van der Waals surface area contributed by atoms with Gasteiger partial charge in [0.15, 0.2) is 4.98 Å². The molecule has 0 amide bonds. The molecule has 0 atom stereocenters. The molecule has 0 bridgehead atoms. The zero-order valence-corrected chi connectivity index (χ0v) is 8.56. The van der Waals surface area contributed by atoms with E-state index in [1.165, 1.54) is 12.1 Å². The third-order valence-electron chi connectivity index (χ3n) is 1.02. The Morgan fingerprint density at radius 1 is 1.20 bits per heavy atom. The number of diazo groups is 1. The van der Waals surface area contributed by atoms with Crippen LogP contribution in [0.5, 0.6) is 0 Å². The first kappa shape index (κ1) is 13.8. The molecule has 0 aromatic heterocycles. The van der Waals surface area contributed by atoms with Gasteiger partial charge in [0.05, 0.1) is 0 Å². The summed E-state index contributed by atoms with van der Waals surface area (Å²) in [5, 5.41) is 8.18. The van der Waals surface area contributed by atoms with Gasteiger partial charge in [-0.15, -0.1) is 0 Å². The number of nitrogens with zero attached hydrogens (tertiary/aromatic N) is 2. The molecule has 0 heterocycles. The Bertz CT molecular complexity index is 369. The minimum Gasteiger partial charge on any atom is -0.418 e. The van der Waals surface area contributed by atoms with Crippen LogP contribution in [0.1, 0.15) is 0 Å². The molecule has 1 aromatic carbocycles. The van der Waals surface area contributed by atoms with Crippen LogP contribution in [0.3, 0.4) is 0 Å². The number of halogens is 6. The van der Waals surface area contributed by atoms with E-state index < -0.39 is 13.1 Å². The molecule has 0 aliphatic rings. The quantitative estimate of drug-likeness (QED) is 0.396. The monoisotopic (exact) mass is 288 g/mol. The van der Waals surface area contributed by atoms with Crippen LogP contribution >= 0.6 is 15.9 Å². The van der Waals surface area contributed by atoms with Crippen LogP contribution in [0.4, 0.5) is 27.3 Å². The largest absolute Gasteiger partial charge is 0.673 e. The van der Waals surface area contributed by atoms with Gasteiger partial charge in [-0.3, -0.25) is 0 Å². The second-order valence-corrected chi connectivity index (χ2v) is 3.11. The molecule has 0 spiro atoms. The van der Waals surface area contributed by atoms with Gasteiger partial charge in [-0.1, -0.05) is 15.9 Å². The summed E-state index contributed by atoms with van der Waals surface area (Å²) < 4.78 is 52.2.